The van der Waals surface area contributed by atoms with Crippen LogP contribution in [0, 0.1) is 0 Å². The van der Waals surface area contributed by atoms with Gasteiger partial charge in [-0.2, -0.15) is 2.95 Å². The number of carbonyl (C=O) groups is 1. The maximum atomic E-state index is 10.7. The summed E-state index contributed by atoms with van der Waals surface area (Å²) in [6.07, 6.45) is 1.43. The second kappa shape index (κ2) is 5.48. The van der Waals surface area contributed by atoms with Crippen LogP contribution in [0.5, 0.6) is 5.75 Å². The molecule has 0 fully saturated rings. The van der Waals surface area contributed by atoms with E-state index in [0.717, 1.165) is 11.8 Å². The summed E-state index contributed by atoms with van der Waals surface area (Å²) in [4.78, 5) is 10.7. The number of hydrogen-bond donors (Lipinski definition) is 1. The Balaban J connectivity index is 2.67. The number of aromatic hydroxyl groups is 1. The number of nitrogens with zero attached hydrogens (tertiary/aromatic N) is 1. The lowest BCUT2D eigenvalue weighted by Crippen LogP contribution is -2.22. The molecule has 1 atom stereocenters. The van der Waals surface area contributed by atoms with Crippen molar-refractivity contribution in [3.8, 4) is 5.75 Å². The summed E-state index contributed by atoms with van der Waals surface area (Å²) in [5.74, 6) is 0.228. The molecule has 0 heterocycles. The number of phenolic OH excluding ortho intramolecular Hbond substituents is 1. The quantitative estimate of drug-likeness (QED) is 0.683. The molecule has 0 saturated heterocycles. The van der Waals surface area contributed by atoms with Crippen molar-refractivity contribution in [2.24, 2.45) is 0 Å². The van der Waals surface area contributed by atoms with Gasteiger partial charge in [-0.3, -0.25) is 0 Å². The Bertz CT molecular complexity index is 300. The molecule has 1 N–H and O–H groups in total. The largest absolute Gasteiger partial charge is 0.508 e. The number of aldehydes is 1. The predicted molar refractivity (Wildman–Crippen MR) is 61.4 cm³/mol. The van der Waals surface area contributed by atoms with E-state index in [2.05, 4.69) is 32.3 Å². The summed E-state index contributed by atoms with van der Waals surface area (Å²) in [7, 11) is 0. The summed E-state index contributed by atoms with van der Waals surface area (Å²) >= 11 is 6.28. The molecule has 0 aromatic heterocycles. The fourth-order valence-electron chi connectivity index (χ4n) is 1.04. The van der Waals surface area contributed by atoms with Crippen LogP contribution >= 0.6 is 32.3 Å². The Kier molecular flexibility index (Phi) is 4.57. The van der Waals surface area contributed by atoms with Gasteiger partial charge < -0.3 is 9.90 Å². The zero-order valence-corrected chi connectivity index (χ0v) is 10.4. The van der Waals surface area contributed by atoms with E-state index in [1.54, 1.807) is 24.3 Å². The van der Waals surface area contributed by atoms with E-state index in [9.17, 15) is 4.79 Å². The Morgan fingerprint density at radius 1 is 1.36 bits per heavy atom. The molecule has 0 radical (unpaired) electrons. The molecule has 76 valence electrons. The van der Waals surface area contributed by atoms with Crippen molar-refractivity contribution in [3.63, 3.8) is 0 Å². The van der Waals surface area contributed by atoms with Crippen molar-refractivity contribution >= 4 is 38.6 Å². The first-order valence-electron chi connectivity index (χ1n) is 3.97. The average Bonchev–Trinajstić information content (AvgIpc) is 2.16. The van der Waals surface area contributed by atoms with Crippen LogP contribution in [0.25, 0.3) is 0 Å². The van der Waals surface area contributed by atoms with Gasteiger partial charge in [0.15, 0.2) is 0 Å². The van der Waals surface area contributed by atoms with Crippen molar-refractivity contribution in [1.82, 2.24) is 2.95 Å². The van der Waals surface area contributed by atoms with Crippen LogP contribution in [0.3, 0.4) is 0 Å². The van der Waals surface area contributed by atoms with Crippen LogP contribution in [0.4, 0.5) is 0 Å². The molecular weight excluding hydrogens is 314 g/mol. The van der Waals surface area contributed by atoms with Gasteiger partial charge in [-0.1, -0.05) is 12.1 Å². The standard InChI is InChI=1S/C9H9Br2NO2/c10-12(11)8(6-13)5-7-1-3-9(14)4-2-7/h1-4,6,8,14H,5H2. The highest BCUT2D eigenvalue weighted by atomic mass is 79.9. The minimum atomic E-state index is -0.264. The molecule has 0 saturated carbocycles. The number of halogens is 2. The Hall–Kier alpha value is -0.390. The van der Waals surface area contributed by atoms with Crippen LogP contribution < -0.4 is 0 Å². The van der Waals surface area contributed by atoms with E-state index >= 15 is 0 Å². The van der Waals surface area contributed by atoms with Crippen LogP contribution in [0.1, 0.15) is 5.56 Å². The second-order valence-electron chi connectivity index (χ2n) is 2.83. The third kappa shape index (κ3) is 3.40. The van der Waals surface area contributed by atoms with E-state index in [0.29, 0.717) is 6.42 Å². The number of carbonyl (C=O) groups excluding carboxylic acids is 1. The average molecular weight is 323 g/mol. The van der Waals surface area contributed by atoms with E-state index in [4.69, 9.17) is 5.11 Å². The minimum absolute atomic E-state index is 0.228. The summed E-state index contributed by atoms with van der Waals surface area (Å²) < 4.78 is 1.50. The molecule has 0 bridgehead atoms. The van der Waals surface area contributed by atoms with Crippen molar-refractivity contribution in [1.29, 1.82) is 0 Å². The Morgan fingerprint density at radius 3 is 2.36 bits per heavy atom. The normalized spacial score (nSPS) is 12.8. The molecule has 1 aromatic carbocycles. The zero-order chi connectivity index (χ0) is 10.6. The highest BCUT2D eigenvalue weighted by Gasteiger charge is 2.13. The molecule has 1 unspecified atom stereocenters. The molecule has 0 spiro atoms. The third-order valence-corrected chi connectivity index (χ3v) is 2.84. The smallest absolute Gasteiger partial charge is 0.139 e. The number of phenols is 1. The molecule has 0 aliphatic carbocycles. The highest BCUT2D eigenvalue weighted by Crippen LogP contribution is 2.17. The molecule has 1 aromatic rings. The monoisotopic (exact) mass is 321 g/mol. The lowest BCUT2D eigenvalue weighted by molar-refractivity contribution is -0.109. The fourth-order valence-corrected chi connectivity index (χ4v) is 1.52. The zero-order valence-electron chi connectivity index (χ0n) is 7.23. The van der Waals surface area contributed by atoms with Gasteiger partial charge in [0.25, 0.3) is 0 Å². The van der Waals surface area contributed by atoms with Crippen LogP contribution in [-0.2, 0) is 11.2 Å². The van der Waals surface area contributed by atoms with Crippen LogP contribution in [0.2, 0.25) is 0 Å². The van der Waals surface area contributed by atoms with Crippen LogP contribution in [-0.4, -0.2) is 20.4 Å². The molecule has 5 heteroatoms. The van der Waals surface area contributed by atoms with Gasteiger partial charge in [-0.25, -0.2) is 0 Å². The number of benzene rings is 1. The molecule has 14 heavy (non-hydrogen) atoms. The molecular formula is C9H9Br2NO2. The molecule has 3 nitrogen and oxygen atoms in total. The van der Waals surface area contributed by atoms with Crippen molar-refractivity contribution in [3.05, 3.63) is 29.8 Å². The number of rotatable bonds is 4. The second-order valence-corrected chi connectivity index (χ2v) is 5.31. The van der Waals surface area contributed by atoms with E-state index in [1.165, 1.54) is 2.95 Å². The number of hydrogen-bond acceptors (Lipinski definition) is 3. The minimum Gasteiger partial charge on any atom is -0.508 e. The fraction of sp³-hybridized carbons (Fsp3) is 0.222. The Labute approximate surface area is 99.4 Å². The van der Waals surface area contributed by atoms with E-state index < -0.39 is 0 Å². The van der Waals surface area contributed by atoms with E-state index in [-0.39, 0.29) is 11.8 Å². The molecule has 0 aliphatic rings. The summed E-state index contributed by atoms with van der Waals surface area (Å²) in [6, 6.07) is 6.51. The maximum absolute atomic E-state index is 10.7. The van der Waals surface area contributed by atoms with Gasteiger partial charge in [0.2, 0.25) is 0 Å². The topological polar surface area (TPSA) is 40.5 Å². The molecule has 0 amide bonds. The predicted octanol–water partition coefficient (Wildman–Crippen LogP) is 2.42. The first kappa shape index (κ1) is 11.7. The SMILES string of the molecule is O=CC(Cc1ccc(O)cc1)N(Br)Br. The lowest BCUT2D eigenvalue weighted by atomic mass is 10.1. The Morgan fingerprint density at radius 2 is 1.93 bits per heavy atom. The van der Waals surface area contributed by atoms with Gasteiger partial charge in [0.1, 0.15) is 12.0 Å². The van der Waals surface area contributed by atoms with Gasteiger partial charge in [-0.05, 0) is 24.1 Å². The lowest BCUT2D eigenvalue weighted by Gasteiger charge is -2.13. The molecule has 1 rings (SSSR count). The van der Waals surface area contributed by atoms with Crippen LogP contribution in [0.15, 0.2) is 24.3 Å². The first-order valence-corrected chi connectivity index (χ1v) is 5.39. The first-order chi connectivity index (χ1) is 6.63. The summed E-state index contributed by atoms with van der Waals surface area (Å²) in [5.41, 5.74) is 0.990. The molecule has 0 aliphatic heterocycles. The van der Waals surface area contributed by atoms with Crippen molar-refractivity contribution < 1.29 is 9.90 Å². The van der Waals surface area contributed by atoms with Gasteiger partial charge in [-0.15, -0.1) is 0 Å². The van der Waals surface area contributed by atoms with E-state index in [1.807, 2.05) is 0 Å². The maximum Gasteiger partial charge on any atom is 0.139 e. The van der Waals surface area contributed by atoms with Gasteiger partial charge >= 0.3 is 0 Å². The van der Waals surface area contributed by atoms with Crippen molar-refractivity contribution in [2.45, 2.75) is 12.5 Å². The van der Waals surface area contributed by atoms with Crippen molar-refractivity contribution in [2.75, 3.05) is 0 Å². The summed E-state index contributed by atoms with van der Waals surface area (Å²) in [6.45, 7) is 0. The van der Waals surface area contributed by atoms with Gasteiger partial charge in [0, 0.05) is 32.3 Å². The van der Waals surface area contributed by atoms with Gasteiger partial charge in [0.05, 0.1) is 6.04 Å². The highest BCUT2D eigenvalue weighted by molar-refractivity contribution is 9.21. The summed E-state index contributed by atoms with van der Waals surface area (Å²) in [5, 5.41) is 9.06. The third-order valence-electron chi connectivity index (χ3n) is 1.79.